The number of nitrogens with one attached hydrogen (secondary N) is 1. The van der Waals surface area contributed by atoms with Crippen LogP contribution in [0, 0.1) is 13.8 Å². The molecule has 0 bridgehead atoms. The van der Waals surface area contributed by atoms with E-state index in [0.29, 0.717) is 17.5 Å². The number of tetrazole rings is 1. The van der Waals surface area contributed by atoms with Crippen molar-refractivity contribution < 1.29 is 9.53 Å². The number of carbonyl (C=O) groups is 1. The summed E-state index contributed by atoms with van der Waals surface area (Å²) in [5.74, 6) is 1.50. The van der Waals surface area contributed by atoms with Crippen molar-refractivity contribution in [2.24, 2.45) is 0 Å². The number of thioether (sulfide) groups is 1. The van der Waals surface area contributed by atoms with Gasteiger partial charge in [-0.3, -0.25) is 4.79 Å². The lowest BCUT2D eigenvalue weighted by atomic mass is 10.1. The van der Waals surface area contributed by atoms with Gasteiger partial charge in [-0.2, -0.15) is 9.78 Å². The number of benzene rings is 2. The van der Waals surface area contributed by atoms with E-state index < -0.39 is 0 Å². The molecule has 0 atom stereocenters. The average molecular weight is 492 g/mol. The number of amides is 1. The number of unbranched alkanes of at least 4 members (excludes halogenated alkanes) is 1. The highest BCUT2D eigenvalue weighted by atomic mass is 32.2. The van der Waals surface area contributed by atoms with Crippen LogP contribution in [0.2, 0.25) is 0 Å². The molecule has 0 aliphatic rings. The summed E-state index contributed by atoms with van der Waals surface area (Å²) in [5, 5.41) is 19.9. The smallest absolute Gasteiger partial charge is 0.235 e. The minimum atomic E-state index is -0.160. The average Bonchev–Trinajstić information content (AvgIpc) is 3.50. The molecule has 4 rings (SSSR count). The van der Waals surface area contributed by atoms with Gasteiger partial charge in [0.15, 0.2) is 0 Å². The van der Waals surface area contributed by atoms with E-state index in [4.69, 9.17) is 4.74 Å². The zero-order valence-electron chi connectivity index (χ0n) is 20.1. The van der Waals surface area contributed by atoms with Gasteiger partial charge in [-0.05, 0) is 65.6 Å². The molecule has 0 aliphatic carbocycles. The van der Waals surface area contributed by atoms with E-state index in [1.807, 2.05) is 56.3 Å². The fourth-order valence-corrected chi connectivity index (χ4v) is 4.14. The van der Waals surface area contributed by atoms with E-state index in [1.165, 1.54) is 11.8 Å². The first kappa shape index (κ1) is 24.5. The second-order valence-corrected chi connectivity index (χ2v) is 9.09. The van der Waals surface area contributed by atoms with Crippen LogP contribution in [0.15, 0.2) is 59.9 Å². The Bertz CT molecular complexity index is 1270. The predicted octanol–water partition coefficient (Wildman–Crippen LogP) is 4.43. The fourth-order valence-electron chi connectivity index (χ4n) is 3.46. The van der Waals surface area contributed by atoms with E-state index >= 15 is 0 Å². The molecule has 9 nitrogen and oxygen atoms in total. The first-order valence-corrected chi connectivity index (χ1v) is 12.5. The predicted molar refractivity (Wildman–Crippen MR) is 136 cm³/mol. The molecule has 0 saturated carbocycles. The number of aryl methyl sites for hydroxylation is 1. The Morgan fingerprint density at radius 1 is 1.11 bits per heavy atom. The Hall–Kier alpha value is -3.66. The highest BCUT2D eigenvalue weighted by Gasteiger charge is 2.15. The minimum absolute atomic E-state index is 0.160. The number of hydrogen-bond acceptors (Lipinski definition) is 7. The van der Waals surface area contributed by atoms with Crippen molar-refractivity contribution in [1.82, 2.24) is 30.0 Å². The Morgan fingerprint density at radius 2 is 1.94 bits per heavy atom. The molecule has 0 radical (unpaired) electrons. The molecule has 0 spiro atoms. The maximum absolute atomic E-state index is 12.7. The van der Waals surface area contributed by atoms with Gasteiger partial charge in [-0.15, -0.1) is 5.10 Å². The van der Waals surface area contributed by atoms with Crippen LogP contribution in [0.5, 0.6) is 5.75 Å². The van der Waals surface area contributed by atoms with Crippen molar-refractivity contribution in [3.05, 3.63) is 71.4 Å². The van der Waals surface area contributed by atoms with E-state index in [-0.39, 0.29) is 11.7 Å². The van der Waals surface area contributed by atoms with Crippen LogP contribution < -0.4 is 10.1 Å². The number of hydrogen-bond donors (Lipinski definition) is 1. The van der Waals surface area contributed by atoms with Crippen molar-refractivity contribution >= 4 is 23.5 Å². The van der Waals surface area contributed by atoms with Crippen LogP contribution in [-0.2, 0) is 11.3 Å². The van der Waals surface area contributed by atoms with Crippen LogP contribution in [0.3, 0.4) is 0 Å². The van der Waals surface area contributed by atoms with Gasteiger partial charge in [0.05, 0.1) is 30.8 Å². The molecule has 0 aliphatic heterocycles. The highest BCUT2D eigenvalue weighted by Crippen LogP contribution is 2.23. The second-order valence-electron chi connectivity index (χ2n) is 8.15. The number of nitrogens with zero attached hydrogens (tertiary/aromatic N) is 6. The molecule has 0 saturated heterocycles. The molecule has 0 unspecified atom stereocenters. The first-order valence-electron chi connectivity index (χ1n) is 11.6. The third kappa shape index (κ3) is 6.27. The van der Waals surface area contributed by atoms with Crippen LogP contribution in [0.4, 0.5) is 5.82 Å². The highest BCUT2D eigenvalue weighted by molar-refractivity contribution is 7.99. The lowest BCUT2D eigenvalue weighted by Gasteiger charge is -2.11. The van der Waals surface area contributed by atoms with Gasteiger partial charge in [0.2, 0.25) is 11.1 Å². The van der Waals surface area contributed by atoms with Crippen molar-refractivity contribution in [3.8, 4) is 11.4 Å². The van der Waals surface area contributed by atoms with Crippen molar-refractivity contribution in [2.45, 2.75) is 45.3 Å². The molecule has 1 N–H and O–H groups in total. The van der Waals surface area contributed by atoms with E-state index in [1.54, 1.807) is 21.6 Å². The standard InChI is InChI=1S/C25H29N7O2S/c1-4-5-15-34-21-11-9-20(10-12-21)16-31-23(13-14-26-31)27-24(33)17-35-25-28-29-30-32(25)22-8-6-7-18(2)19(22)3/h6-14H,4-5,15-17H2,1-3H3,(H,27,33). The Labute approximate surface area is 208 Å². The summed E-state index contributed by atoms with van der Waals surface area (Å²) in [5.41, 5.74) is 4.21. The molecule has 35 heavy (non-hydrogen) atoms. The van der Waals surface area contributed by atoms with Gasteiger partial charge in [0.25, 0.3) is 0 Å². The third-order valence-electron chi connectivity index (χ3n) is 5.58. The number of rotatable bonds is 11. The number of aromatic nitrogens is 6. The van der Waals surface area contributed by atoms with E-state index in [9.17, 15) is 4.79 Å². The Balaban J connectivity index is 1.34. The zero-order chi connectivity index (χ0) is 24.6. The van der Waals surface area contributed by atoms with Gasteiger partial charge in [-0.1, -0.05) is 49.4 Å². The molecule has 0 fully saturated rings. The summed E-state index contributed by atoms with van der Waals surface area (Å²) >= 11 is 1.28. The number of ether oxygens (including phenoxy) is 1. The summed E-state index contributed by atoms with van der Waals surface area (Å²) in [6.07, 6.45) is 3.82. The van der Waals surface area contributed by atoms with Gasteiger partial charge in [0, 0.05) is 6.07 Å². The van der Waals surface area contributed by atoms with Crippen LogP contribution in [-0.4, -0.2) is 48.3 Å². The molecule has 2 aromatic heterocycles. The summed E-state index contributed by atoms with van der Waals surface area (Å²) in [6, 6.07) is 15.7. The first-order chi connectivity index (χ1) is 17.0. The quantitative estimate of drug-likeness (QED) is 0.245. The largest absolute Gasteiger partial charge is 0.494 e. The van der Waals surface area contributed by atoms with Crippen LogP contribution in [0.1, 0.15) is 36.5 Å². The van der Waals surface area contributed by atoms with E-state index in [2.05, 4.69) is 32.9 Å². The molecule has 10 heteroatoms. The Kier molecular flexibility index (Phi) is 8.15. The Morgan fingerprint density at radius 3 is 2.74 bits per heavy atom. The summed E-state index contributed by atoms with van der Waals surface area (Å²) in [4.78, 5) is 12.7. The van der Waals surface area contributed by atoms with Gasteiger partial charge < -0.3 is 10.1 Å². The zero-order valence-corrected chi connectivity index (χ0v) is 21.0. The maximum atomic E-state index is 12.7. The second kappa shape index (κ2) is 11.7. The van der Waals surface area contributed by atoms with Gasteiger partial charge in [-0.25, -0.2) is 4.68 Å². The minimum Gasteiger partial charge on any atom is -0.494 e. The van der Waals surface area contributed by atoms with Crippen molar-refractivity contribution in [2.75, 3.05) is 17.7 Å². The molecular formula is C25H29N7O2S. The lowest BCUT2D eigenvalue weighted by molar-refractivity contribution is -0.113. The van der Waals surface area contributed by atoms with E-state index in [0.717, 1.165) is 47.6 Å². The SMILES string of the molecule is CCCCOc1ccc(Cn2nccc2NC(=O)CSc2nnnn2-c2cccc(C)c2C)cc1. The van der Waals surface area contributed by atoms with Crippen molar-refractivity contribution in [3.63, 3.8) is 0 Å². The third-order valence-corrected chi connectivity index (χ3v) is 6.50. The maximum Gasteiger partial charge on any atom is 0.235 e. The summed E-state index contributed by atoms with van der Waals surface area (Å²) < 4.78 is 9.15. The van der Waals surface area contributed by atoms with Crippen molar-refractivity contribution in [1.29, 1.82) is 0 Å². The van der Waals surface area contributed by atoms with Crippen LogP contribution >= 0.6 is 11.8 Å². The molecule has 2 heterocycles. The molecular weight excluding hydrogens is 462 g/mol. The molecule has 4 aromatic rings. The summed E-state index contributed by atoms with van der Waals surface area (Å²) in [7, 11) is 0. The number of carbonyl (C=O) groups excluding carboxylic acids is 1. The molecule has 2 aromatic carbocycles. The van der Waals surface area contributed by atoms with Gasteiger partial charge >= 0.3 is 0 Å². The van der Waals surface area contributed by atoms with Crippen LogP contribution in [0.25, 0.3) is 5.69 Å². The summed E-state index contributed by atoms with van der Waals surface area (Å²) in [6.45, 7) is 7.47. The monoisotopic (exact) mass is 491 g/mol. The molecule has 1 amide bonds. The van der Waals surface area contributed by atoms with Gasteiger partial charge in [0.1, 0.15) is 11.6 Å². The molecule has 182 valence electrons. The fraction of sp³-hybridized carbons (Fsp3) is 0.320. The topological polar surface area (TPSA) is 99.8 Å². The lowest BCUT2D eigenvalue weighted by Crippen LogP contribution is -2.18. The normalized spacial score (nSPS) is 10.9. The number of anilines is 1.